The number of thiocarbonyl (C=S) groups is 1. The number of thiophene rings is 1. The molecule has 1 amide bonds. The summed E-state index contributed by atoms with van der Waals surface area (Å²) in [5, 5.41) is 1.90. The molecule has 1 unspecified atom stereocenters. The smallest absolute Gasteiger partial charge is 0.255 e. The Morgan fingerprint density at radius 2 is 2.35 bits per heavy atom. The fraction of sp³-hybridized carbons (Fsp3) is 0.455. The Hall–Kier alpha value is -0.210. The molecule has 1 saturated heterocycles. The van der Waals surface area contributed by atoms with Gasteiger partial charge < -0.3 is 10.6 Å². The van der Waals surface area contributed by atoms with Crippen LogP contribution in [0.4, 0.5) is 0 Å². The lowest BCUT2D eigenvalue weighted by Crippen LogP contribution is -2.49. The molecule has 2 rings (SSSR count). The zero-order valence-corrected chi connectivity index (χ0v) is 13.0. The number of likely N-dealkylation sites (tertiary alicyclic amines) is 1. The first-order chi connectivity index (χ1) is 8.09. The van der Waals surface area contributed by atoms with Gasteiger partial charge in [0.05, 0.1) is 19.5 Å². The summed E-state index contributed by atoms with van der Waals surface area (Å²) < 4.78 is 1.12. The van der Waals surface area contributed by atoms with Gasteiger partial charge in [-0.1, -0.05) is 12.2 Å². The van der Waals surface area contributed by atoms with Gasteiger partial charge in [-0.3, -0.25) is 4.79 Å². The standard InChI is InChI=1S/C11H13IN2OS2/c12-9-5-7(6-17-9)11(15)14-4-2-1-3-8(14)10(13)16/h5-6,8H,1-4H2,(H2,13,16). The predicted molar refractivity (Wildman–Crippen MR) is 82.5 cm³/mol. The van der Waals surface area contributed by atoms with Gasteiger partial charge in [0.15, 0.2) is 0 Å². The molecule has 0 aromatic carbocycles. The highest BCUT2D eigenvalue weighted by Gasteiger charge is 2.29. The lowest BCUT2D eigenvalue weighted by molar-refractivity contribution is 0.0682. The lowest BCUT2D eigenvalue weighted by atomic mass is 10.0. The molecule has 1 aliphatic rings. The lowest BCUT2D eigenvalue weighted by Gasteiger charge is -2.34. The summed E-state index contributed by atoms with van der Waals surface area (Å²) in [4.78, 5) is 14.6. The maximum atomic E-state index is 12.3. The average molecular weight is 380 g/mol. The van der Waals surface area contributed by atoms with Gasteiger partial charge in [0, 0.05) is 11.9 Å². The van der Waals surface area contributed by atoms with Gasteiger partial charge in [0.2, 0.25) is 0 Å². The highest BCUT2D eigenvalue weighted by molar-refractivity contribution is 14.1. The van der Waals surface area contributed by atoms with Gasteiger partial charge in [0.1, 0.15) is 0 Å². The fourth-order valence-corrected chi connectivity index (χ4v) is 3.62. The quantitative estimate of drug-likeness (QED) is 0.634. The van der Waals surface area contributed by atoms with Crippen LogP contribution < -0.4 is 5.73 Å². The van der Waals surface area contributed by atoms with Crippen LogP contribution in [0, 0.1) is 2.88 Å². The number of hydrogen-bond donors (Lipinski definition) is 1. The third-order valence-electron chi connectivity index (χ3n) is 2.91. The van der Waals surface area contributed by atoms with Crippen LogP contribution in [-0.4, -0.2) is 28.4 Å². The maximum absolute atomic E-state index is 12.3. The Kier molecular flexibility index (Phi) is 4.37. The molecule has 3 nitrogen and oxygen atoms in total. The van der Waals surface area contributed by atoms with E-state index in [9.17, 15) is 4.79 Å². The Morgan fingerprint density at radius 3 is 2.94 bits per heavy atom. The second-order valence-electron chi connectivity index (χ2n) is 4.05. The van der Waals surface area contributed by atoms with Crippen molar-refractivity contribution < 1.29 is 4.79 Å². The molecule has 1 fully saturated rings. The largest absolute Gasteiger partial charge is 0.392 e. The number of nitrogens with two attached hydrogens (primary N) is 1. The molecule has 0 spiro atoms. The van der Waals surface area contributed by atoms with E-state index in [0.717, 1.165) is 34.3 Å². The van der Waals surface area contributed by atoms with Crippen molar-refractivity contribution in [3.05, 3.63) is 19.9 Å². The fourth-order valence-electron chi connectivity index (χ4n) is 2.06. The van der Waals surface area contributed by atoms with Crippen LogP contribution in [0.3, 0.4) is 0 Å². The molecule has 1 atom stereocenters. The highest BCUT2D eigenvalue weighted by atomic mass is 127. The Labute approximate surface area is 124 Å². The minimum absolute atomic E-state index is 0.0571. The van der Waals surface area contributed by atoms with Gasteiger partial charge in [-0.05, 0) is 47.9 Å². The molecular formula is C11H13IN2OS2. The van der Waals surface area contributed by atoms with E-state index in [1.165, 1.54) is 0 Å². The van der Waals surface area contributed by atoms with Crippen molar-refractivity contribution >= 4 is 57.0 Å². The van der Waals surface area contributed by atoms with Gasteiger partial charge in [-0.15, -0.1) is 11.3 Å². The second kappa shape index (κ2) is 5.62. The number of carbonyl (C=O) groups is 1. The molecule has 0 bridgehead atoms. The first-order valence-electron chi connectivity index (χ1n) is 5.44. The minimum atomic E-state index is -0.0659. The summed E-state index contributed by atoms with van der Waals surface area (Å²) in [7, 11) is 0. The summed E-state index contributed by atoms with van der Waals surface area (Å²) in [5.74, 6) is 0.0571. The van der Waals surface area contributed by atoms with E-state index in [1.54, 1.807) is 11.3 Å². The van der Waals surface area contributed by atoms with Crippen molar-refractivity contribution in [1.29, 1.82) is 0 Å². The third kappa shape index (κ3) is 2.97. The number of piperidine rings is 1. The zero-order valence-electron chi connectivity index (χ0n) is 9.19. The molecule has 1 aromatic heterocycles. The summed E-state index contributed by atoms with van der Waals surface area (Å²) in [6, 6.07) is 1.85. The molecule has 2 heterocycles. The zero-order chi connectivity index (χ0) is 12.4. The Morgan fingerprint density at radius 1 is 1.59 bits per heavy atom. The van der Waals surface area contributed by atoms with E-state index in [-0.39, 0.29) is 11.9 Å². The molecule has 92 valence electrons. The van der Waals surface area contributed by atoms with Crippen molar-refractivity contribution in [2.24, 2.45) is 5.73 Å². The van der Waals surface area contributed by atoms with Gasteiger partial charge in [-0.25, -0.2) is 0 Å². The third-order valence-corrected chi connectivity index (χ3v) is 4.97. The first-order valence-corrected chi connectivity index (χ1v) is 7.80. The monoisotopic (exact) mass is 380 g/mol. The van der Waals surface area contributed by atoms with Crippen LogP contribution in [0.2, 0.25) is 0 Å². The van der Waals surface area contributed by atoms with Crippen LogP contribution in [0.15, 0.2) is 11.4 Å². The van der Waals surface area contributed by atoms with Crippen molar-refractivity contribution in [3.63, 3.8) is 0 Å². The number of halogens is 1. The van der Waals surface area contributed by atoms with E-state index < -0.39 is 0 Å². The number of hydrogen-bond acceptors (Lipinski definition) is 3. The van der Waals surface area contributed by atoms with Gasteiger partial charge in [0.25, 0.3) is 5.91 Å². The van der Waals surface area contributed by atoms with E-state index >= 15 is 0 Å². The van der Waals surface area contributed by atoms with Crippen LogP contribution in [0.25, 0.3) is 0 Å². The topological polar surface area (TPSA) is 46.3 Å². The van der Waals surface area contributed by atoms with Crippen LogP contribution in [0.5, 0.6) is 0 Å². The molecule has 6 heteroatoms. The molecule has 1 aliphatic heterocycles. The van der Waals surface area contributed by atoms with Crippen molar-refractivity contribution in [1.82, 2.24) is 4.90 Å². The summed E-state index contributed by atoms with van der Waals surface area (Å²) in [6.45, 7) is 0.757. The molecule has 2 N–H and O–H groups in total. The van der Waals surface area contributed by atoms with Crippen LogP contribution in [-0.2, 0) is 0 Å². The number of nitrogens with zero attached hydrogens (tertiary/aromatic N) is 1. The number of amides is 1. The summed E-state index contributed by atoms with van der Waals surface area (Å²) >= 11 is 8.85. The maximum Gasteiger partial charge on any atom is 0.255 e. The van der Waals surface area contributed by atoms with E-state index in [2.05, 4.69) is 22.6 Å². The number of carbonyl (C=O) groups excluding carboxylic acids is 1. The SMILES string of the molecule is NC(=S)C1CCCCN1C(=O)c1csc(I)c1. The Balaban J connectivity index is 2.19. The van der Waals surface area contributed by atoms with Crippen molar-refractivity contribution in [2.45, 2.75) is 25.3 Å². The highest BCUT2D eigenvalue weighted by Crippen LogP contribution is 2.23. The van der Waals surface area contributed by atoms with E-state index in [0.29, 0.717) is 4.99 Å². The molecule has 17 heavy (non-hydrogen) atoms. The predicted octanol–water partition coefficient (Wildman–Crippen LogP) is 2.63. The summed E-state index contributed by atoms with van der Waals surface area (Å²) in [5.41, 5.74) is 6.47. The normalized spacial score (nSPS) is 20.3. The number of rotatable bonds is 2. The summed E-state index contributed by atoms with van der Waals surface area (Å²) in [6.07, 6.45) is 3.02. The van der Waals surface area contributed by atoms with Gasteiger partial charge in [-0.2, -0.15) is 0 Å². The first kappa shape index (κ1) is 13.2. The van der Waals surface area contributed by atoms with E-state index in [4.69, 9.17) is 18.0 Å². The van der Waals surface area contributed by atoms with Crippen LogP contribution >= 0.6 is 46.1 Å². The van der Waals surface area contributed by atoms with Crippen molar-refractivity contribution in [3.8, 4) is 0 Å². The molecule has 1 aromatic rings. The van der Waals surface area contributed by atoms with Crippen LogP contribution in [0.1, 0.15) is 29.6 Å². The molecular weight excluding hydrogens is 367 g/mol. The van der Waals surface area contributed by atoms with E-state index in [1.807, 2.05) is 16.3 Å². The molecule has 0 saturated carbocycles. The second-order valence-corrected chi connectivity index (χ2v) is 7.33. The Bertz CT molecular complexity index is 446. The average Bonchev–Trinajstić information content (AvgIpc) is 2.75. The minimum Gasteiger partial charge on any atom is -0.392 e. The van der Waals surface area contributed by atoms with Gasteiger partial charge >= 0.3 is 0 Å². The molecule has 0 radical (unpaired) electrons. The van der Waals surface area contributed by atoms with Crippen molar-refractivity contribution in [2.75, 3.05) is 6.54 Å². The molecule has 0 aliphatic carbocycles.